The Morgan fingerprint density at radius 2 is 2.18 bits per heavy atom. The molecule has 0 aliphatic carbocycles. The Bertz CT molecular complexity index is 698. The molecule has 0 fully saturated rings. The van der Waals surface area contributed by atoms with Crippen LogP contribution in [0.2, 0.25) is 10.0 Å². The van der Waals surface area contributed by atoms with Crippen LogP contribution in [-0.2, 0) is 11.3 Å². The summed E-state index contributed by atoms with van der Waals surface area (Å²) in [5.74, 6) is -0.253. The lowest BCUT2D eigenvalue weighted by Gasteiger charge is -2.05. The number of carbonyl (C=O) groups is 1. The highest BCUT2D eigenvalue weighted by Gasteiger charge is 2.05. The minimum absolute atomic E-state index is 0.253. The molecule has 1 heterocycles. The average Bonchev–Trinajstić information content (AvgIpc) is 2.84. The third-order valence-corrected chi connectivity index (χ3v) is 4.01. The van der Waals surface area contributed by atoms with Crippen molar-refractivity contribution in [2.75, 3.05) is 19.4 Å². The summed E-state index contributed by atoms with van der Waals surface area (Å²) in [6, 6.07) is 5.11. The SMILES string of the molecule is CN(C)Cc1csc(NC(=O)/C=C/c2ccc(Cl)cc2Cl)n1. The van der Waals surface area contributed by atoms with E-state index in [2.05, 4.69) is 10.3 Å². The number of nitrogens with zero attached hydrogens (tertiary/aromatic N) is 2. The quantitative estimate of drug-likeness (QED) is 0.818. The first-order valence-electron chi connectivity index (χ1n) is 6.47. The van der Waals surface area contributed by atoms with Gasteiger partial charge in [-0.1, -0.05) is 29.3 Å². The van der Waals surface area contributed by atoms with Gasteiger partial charge in [0.15, 0.2) is 5.13 Å². The molecule has 0 radical (unpaired) electrons. The van der Waals surface area contributed by atoms with Crippen molar-refractivity contribution in [3.8, 4) is 0 Å². The zero-order valence-electron chi connectivity index (χ0n) is 12.1. The molecule has 22 heavy (non-hydrogen) atoms. The van der Waals surface area contributed by atoms with E-state index in [4.69, 9.17) is 23.2 Å². The minimum atomic E-state index is -0.253. The second kappa shape index (κ2) is 7.74. The number of anilines is 1. The molecule has 7 heteroatoms. The molecule has 0 aliphatic rings. The molecule has 4 nitrogen and oxygen atoms in total. The van der Waals surface area contributed by atoms with E-state index in [0.29, 0.717) is 15.2 Å². The first-order chi connectivity index (χ1) is 10.4. The first-order valence-corrected chi connectivity index (χ1v) is 8.11. The van der Waals surface area contributed by atoms with Gasteiger partial charge in [-0.15, -0.1) is 11.3 Å². The Kier molecular flexibility index (Phi) is 5.97. The number of thiazole rings is 1. The van der Waals surface area contributed by atoms with Gasteiger partial charge < -0.3 is 4.90 Å². The Balaban J connectivity index is 1.97. The number of nitrogens with one attached hydrogen (secondary N) is 1. The van der Waals surface area contributed by atoms with E-state index in [-0.39, 0.29) is 5.91 Å². The fraction of sp³-hybridized carbons (Fsp3) is 0.200. The van der Waals surface area contributed by atoms with Crippen molar-refractivity contribution in [2.45, 2.75) is 6.54 Å². The summed E-state index contributed by atoms with van der Waals surface area (Å²) in [6.45, 7) is 0.739. The third kappa shape index (κ3) is 5.10. The molecule has 116 valence electrons. The number of amides is 1. The third-order valence-electron chi connectivity index (χ3n) is 2.64. The van der Waals surface area contributed by atoms with Gasteiger partial charge in [0.25, 0.3) is 0 Å². The number of hydrogen-bond donors (Lipinski definition) is 1. The van der Waals surface area contributed by atoms with Gasteiger partial charge in [-0.3, -0.25) is 10.1 Å². The Hall–Kier alpha value is -1.40. The first kappa shape index (κ1) is 17.0. The van der Waals surface area contributed by atoms with Crippen LogP contribution in [0.4, 0.5) is 5.13 Å². The molecular formula is C15H15Cl2N3OS. The molecule has 1 amide bonds. The Labute approximate surface area is 143 Å². The molecule has 2 aromatic rings. The van der Waals surface area contributed by atoms with E-state index in [0.717, 1.165) is 17.8 Å². The topological polar surface area (TPSA) is 45.2 Å². The maximum Gasteiger partial charge on any atom is 0.250 e. The van der Waals surface area contributed by atoms with Gasteiger partial charge in [0.1, 0.15) is 0 Å². The van der Waals surface area contributed by atoms with Crippen LogP contribution in [0.25, 0.3) is 6.08 Å². The van der Waals surface area contributed by atoms with E-state index in [9.17, 15) is 4.79 Å². The normalized spacial score (nSPS) is 11.3. The molecule has 2 rings (SSSR count). The molecule has 0 saturated heterocycles. The second-order valence-electron chi connectivity index (χ2n) is 4.87. The average molecular weight is 356 g/mol. The number of carbonyl (C=O) groups excluding carboxylic acids is 1. The van der Waals surface area contributed by atoms with Crippen molar-refractivity contribution in [3.63, 3.8) is 0 Å². The monoisotopic (exact) mass is 355 g/mol. The lowest BCUT2D eigenvalue weighted by molar-refractivity contribution is -0.111. The number of benzene rings is 1. The summed E-state index contributed by atoms with van der Waals surface area (Å²) in [6.07, 6.45) is 3.06. The number of halogens is 2. The maximum atomic E-state index is 11.9. The number of hydrogen-bond acceptors (Lipinski definition) is 4. The van der Waals surface area contributed by atoms with E-state index < -0.39 is 0 Å². The van der Waals surface area contributed by atoms with Gasteiger partial charge in [0, 0.05) is 28.0 Å². The second-order valence-corrected chi connectivity index (χ2v) is 6.57. The lowest BCUT2D eigenvalue weighted by Crippen LogP contribution is -2.11. The molecular weight excluding hydrogens is 341 g/mol. The predicted octanol–water partition coefficient (Wildman–Crippen LogP) is 4.16. The van der Waals surface area contributed by atoms with E-state index in [1.165, 1.54) is 17.4 Å². The van der Waals surface area contributed by atoms with Crippen molar-refractivity contribution >= 4 is 51.7 Å². The summed E-state index contributed by atoms with van der Waals surface area (Å²) in [7, 11) is 3.94. The molecule has 0 bridgehead atoms. The molecule has 1 aromatic heterocycles. The molecule has 1 aromatic carbocycles. The fourth-order valence-corrected chi connectivity index (χ4v) is 2.89. The summed E-state index contributed by atoms with van der Waals surface area (Å²) in [4.78, 5) is 18.2. The van der Waals surface area contributed by atoms with Crippen LogP contribution < -0.4 is 5.32 Å². The van der Waals surface area contributed by atoms with Gasteiger partial charge in [-0.05, 0) is 37.9 Å². The highest BCUT2D eigenvalue weighted by molar-refractivity contribution is 7.13. The van der Waals surface area contributed by atoms with Gasteiger partial charge in [-0.25, -0.2) is 4.98 Å². The Morgan fingerprint density at radius 1 is 1.41 bits per heavy atom. The van der Waals surface area contributed by atoms with Gasteiger partial charge in [0.2, 0.25) is 5.91 Å². The molecule has 1 N–H and O–H groups in total. The summed E-state index contributed by atoms with van der Waals surface area (Å²) < 4.78 is 0. The van der Waals surface area contributed by atoms with Gasteiger partial charge in [-0.2, -0.15) is 0 Å². The summed E-state index contributed by atoms with van der Waals surface area (Å²) in [5, 5.41) is 6.29. The Morgan fingerprint density at radius 3 is 2.86 bits per heavy atom. The molecule has 0 saturated carbocycles. The van der Waals surface area contributed by atoms with Crippen molar-refractivity contribution in [1.82, 2.24) is 9.88 Å². The molecule has 0 spiro atoms. The van der Waals surface area contributed by atoms with Crippen LogP contribution >= 0.6 is 34.5 Å². The largest absolute Gasteiger partial charge is 0.304 e. The highest BCUT2D eigenvalue weighted by Crippen LogP contribution is 2.22. The minimum Gasteiger partial charge on any atom is -0.304 e. The van der Waals surface area contributed by atoms with E-state index in [1.807, 2.05) is 24.4 Å². The zero-order chi connectivity index (χ0) is 16.1. The molecule has 0 aliphatic heterocycles. The van der Waals surface area contributed by atoms with Crippen LogP contribution in [0.15, 0.2) is 29.7 Å². The van der Waals surface area contributed by atoms with Crippen LogP contribution in [0.3, 0.4) is 0 Å². The van der Waals surface area contributed by atoms with Crippen LogP contribution in [0.1, 0.15) is 11.3 Å². The fourth-order valence-electron chi connectivity index (χ4n) is 1.71. The van der Waals surface area contributed by atoms with Crippen molar-refractivity contribution in [3.05, 3.63) is 51.0 Å². The molecule has 0 unspecified atom stereocenters. The van der Waals surface area contributed by atoms with E-state index in [1.54, 1.807) is 24.3 Å². The lowest BCUT2D eigenvalue weighted by atomic mass is 10.2. The van der Waals surface area contributed by atoms with Crippen molar-refractivity contribution < 1.29 is 4.79 Å². The standard InChI is InChI=1S/C15H15Cl2N3OS/c1-20(2)8-12-9-22-15(18-12)19-14(21)6-4-10-3-5-11(16)7-13(10)17/h3-7,9H,8H2,1-2H3,(H,18,19,21)/b6-4+. The number of rotatable bonds is 5. The van der Waals surface area contributed by atoms with Crippen LogP contribution in [0.5, 0.6) is 0 Å². The number of aromatic nitrogens is 1. The summed E-state index contributed by atoms with van der Waals surface area (Å²) >= 11 is 13.3. The van der Waals surface area contributed by atoms with Crippen LogP contribution in [0, 0.1) is 0 Å². The zero-order valence-corrected chi connectivity index (χ0v) is 14.5. The maximum absolute atomic E-state index is 11.9. The van der Waals surface area contributed by atoms with Gasteiger partial charge >= 0.3 is 0 Å². The highest BCUT2D eigenvalue weighted by atomic mass is 35.5. The smallest absolute Gasteiger partial charge is 0.250 e. The van der Waals surface area contributed by atoms with Crippen molar-refractivity contribution in [2.24, 2.45) is 0 Å². The van der Waals surface area contributed by atoms with Crippen LogP contribution in [-0.4, -0.2) is 29.9 Å². The molecule has 0 atom stereocenters. The van der Waals surface area contributed by atoms with E-state index >= 15 is 0 Å². The summed E-state index contributed by atoms with van der Waals surface area (Å²) in [5.41, 5.74) is 1.66. The van der Waals surface area contributed by atoms with Gasteiger partial charge in [0.05, 0.1) is 5.69 Å². The predicted molar refractivity (Wildman–Crippen MR) is 93.6 cm³/mol. The van der Waals surface area contributed by atoms with Crippen molar-refractivity contribution in [1.29, 1.82) is 0 Å².